The van der Waals surface area contributed by atoms with E-state index in [-0.39, 0.29) is 23.0 Å². The van der Waals surface area contributed by atoms with Crippen LogP contribution in [0.4, 0.5) is 0 Å². The summed E-state index contributed by atoms with van der Waals surface area (Å²) in [6, 6.07) is 17.4. The van der Waals surface area contributed by atoms with Crippen molar-refractivity contribution in [3.8, 4) is 0 Å². The number of rotatable bonds is 4. The third kappa shape index (κ3) is 3.53. The van der Waals surface area contributed by atoms with Crippen molar-refractivity contribution >= 4 is 5.91 Å². The van der Waals surface area contributed by atoms with Crippen LogP contribution in [0.2, 0.25) is 0 Å². The number of hydrogen-bond acceptors (Lipinski definition) is 2. The fourth-order valence-corrected chi connectivity index (χ4v) is 3.94. The molecule has 1 heterocycles. The molecule has 1 amide bonds. The number of carbonyl (C=O) groups is 1. The van der Waals surface area contributed by atoms with Crippen molar-refractivity contribution in [3.05, 3.63) is 70.8 Å². The van der Waals surface area contributed by atoms with Gasteiger partial charge < -0.3 is 4.90 Å². The highest BCUT2D eigenvalue weighted by Crippen LogP contribution is 2.46. The van der Waals surface area contributed by atoms with Gasteiger partial charge in [-0.1, -0.05) is 74.9 Å². The van der Waals surface area contributed by atoms with Crippen molar-refractivity contribution in [2.24, 2.45) is 0 Å². The minimum absolute atomic E-state index is 0.0144. The maximum atomic E-state index is 13.0. The number of amides is 1. The van der Waals surface area contributed by atoms with Crippen molar-refractivity contribution in [1.82, 2.24) is 10.2 Å². The van der Waals surface area contributed by atoms with Gasteiger partial charge in [0.2, 0.25) is 5.91 Å². The molecule has 1 saturated heterocycles. The Morgan fingerprint density at radius 1 is 1.04 bits per heavy atom. The SMILES string of the molecule is Cc1ccc(CCN2C(=O)C3(CC3)NC2c2ccc(C(C)(C)C)cc2)cc1. The van der Waals surface area contributed by atoms with E-state index < -0.39 is 0 Å². The van der Waals surface area contributed by atoms with Crippen LogP contribution in [0.1, 0.15) is 62.0 Å². The molecule has 0 aromatic heterocycles. The molecule has 0 bridgehead atoms. The number of aryl methyl sites for hydroxylation is 1. The monoisotopic (exact) mass is 362 g/mol. The summed E-state index contributed by atoms with van der Waals surface area (Å²) in [4.78, 5) is 15.1. The van der Waals surface area contributed by atoms with Crippen LogP contribution in [0.3, 0.4) is 0 Å². The van der Waals surface area contributed by atoms with Crippen molar-refractivity contribution in [2.45, 2.75) is 64.1 Å². The van der Waals surface area contributed by atoms with Crippen LogP contribution in [0.15, 0.2) is 48.5 Å². The third-order valence-corrected chi connectivity index (χ3v) is 6.00. The molecule has 3 nitrogen and oxygen atoms in total. The summed E-state index contributed by atoms with van der Waals surface area (Å²) in [6.45, 7) is 9.54. The lowest BCUT2D eigenvalue weighted by atomic mass is 9.86. The summed E-state index contributed by atoms with van der Waals surface area (Å²) in [5, 5.41) is 3.64. The number of hydrogen-bond donors (Lipinski definition) is 1. The lowest BCUT2D eigenvalue weighted by molar-refractivity contribution is -0.130. The van der Waals surface area contributed by atoms with Crippen LogP contribution in [0.25, 0.3) is 0 Å². The molecule has 1 aliphatic carbocycles. The van der Waals surface area contributed by atoms with Crippen LogP contribution in [-0.4, -0.2) is 22.9 Å². The van der Waals surface area contributed by atoms with Gasteiger partial charge in [-0.15, -0.1) is 0 Å². The van der Waals surface area contributed by atoms with Gasteiger partial charge in [-0.3, -0.25) is 10.1 Å². The molecule has 1 spiro atoms. The molecule has 1 N–H and O–H groups in total. The number of nitrogens with one attached hydrogen (secondary N) is 1. The van der Waals surface area contributed by atoms with E-state index in [4.69, 9.17) is 0 Å². The first-order valence-corrected chi connectivity index (χ1v) is 10.0. The first kappa shape index (κ1) is 18.2. The highest BCUT2D eigenvalue weighted by atomic mass is 16.2. The molecule has 1 aliphatic heterocycles. The standard InChI is InChI=1S/C24H30N2O/c1-17-5-7-18(8-6-17)13-16-26-21(25-24(14-15-24)22(26)27)19-9-11-20(12-10-19)23(2,3)4/h5-12,21,25H,13-16H2,1-4H3. The zero-order chi connectivity index (χ0) is 19.2. The van der Waals surface area contributed by atoms with E-state index in [1.807, 2.05) is 0 Å². The van der Waals surface area contributed by atoms with Gasteiger partial charge in [-0.2, -0.15) is 0 Å². The maximum absolute atomic E-state index is 13.0. The number of nitrogens with zero attached hydrogens (tertiary/aromatic N) is 1. The van der Waals surface area contributed by atoms with E-state index in [1.54, 1.807) is 0 Å². The van der Waals surface area contributed by atoms with Crippen molar-refractivity contribution in [2.75, 3.05) is 6.54 Å². The smallest absolute Gasteiger partial charge is 0.244 e. The fourth-order valence-electron chi connectivity index (χ4n) is 3.94. The predicted octanol–water partition coefficient (Wildman–Crippen LogP) is 4.50. The van der Waals surface area contributed by atoms with Crippen molar-refractivity contribution < 1.29 is 4.79 Å². The van der Waals surface area contributed by atoms with Crippen LogP contribution in [0.5, 0.6) is 0 Å². The molecule has 2 aromatic rings. The van der Waals surface area contributed by atoms with E-state index in [9.17, 15) is 4.79 Å². The molecule has 1 saturated carbocycles. The Morgan fingerprint density at radius 2 is 1.67 bits per heavy atom. The Bertz CT molecular complexity index is 826. The Morgan fingerprint density at radius 3 is 2.22 bits per heavy atom. The normalized spacial score (nSPS) is 21.1. The zero-order valence-corrected chi connectivity index (χ0v) is 16.9. The van der Waals surface area contributed by atoms with Crippen LogP contribution >= 0.6 is 0 Å². The summed E-state index contributed by atoms with van der Waals surface area (Å²) >= 11 is 0. The van der Waals surface area contributed by atoms with Gasteiger partial charge in [0.15, 0.2) is 0 Å². The molecular weight excluding hydrogens is 332 g/mol. The molecule has 2 fully saturated rings. The summed E-state index contributed by atoms with van der Waals surface area (Å²) in [7, 11) is 0. The number of carbonyl (C=O) groups excluding carboxylic acids is 1. The first-order chi connectivity index (χ1) is 12.8. The van der Waals surface area contributed by atoms with Gasteiger partial charge in [0.1, 0.15) is 11.7 Å². The average Bonchev–Trinajstić information content (AvgIpc) is 3.36. The molecular formula is C24H30N2O. The molecule has 2 aliphatic rings. The summed E-state index contributed by atoms with van der Waals surface area (Å²) in [5.41, 5.74) is 4.91. The Hall–Kier alpha value is -2.13. The Balaban J connectivity index is 1.54. The fraction of sp³-hybridized carbons (Fsp3) is 0.458. The second kappa shape index (κ2) is 6.49. The largest absolute Gasteiger partial charge is 0.321 e. The van der Waals surface area contributed by atoms with E-state index in [2.05, 4.69) is 86.4 Å². The van der Waals surface area contributed by atoms with Crippen molar-refractivity contribution in [3.63, 3.8) is 0 Å². The van der Waals surface area contributed by atoms with Gasteiger partial charge in [-0.05, 0) is 48.3 Å². The van der Waals surface area contributed by atoms with Gasteiger partial charge in [0.05, 0.1) is 0 Å². The quantitative estimate of drug-likeness (QED) is 0.869. The second-order valence-electron chi connectivity index (χ2n) is 9.24. The van der Waals surface area contributed by atoms with E-state index in [1.165, 1.54) is 22.3 Å². The highest BCUT2D eigenvalue weighted by molar-refractivity contribution is 5.92. The summed E-state index contributed by atoms with van der Waals surface area (Å²) in [6.07, 6.45) is 2.80. The minimum Gasteiger partial charge on any atom is -0.321 e. The molecule has 1 unspecified atom stereocenters. The molecule has 1 atom stereocenters. The van der Waals surface area contributed by atoms with Gasteiger partial charge in [0.25, 0.3) is 0 Å². The maximum Gasteiger partial charge on any atom is 0.244 e. The molecule has 142 valence electrons. The van der Waals surface area contributed by atoms with Crippen LogP contribution in [-0.2, 0) is 16.6 Å². The molecule has 0 radical (unpaired) electrons. The molecule has 2 aromatic carbocycles. The average molecular weight is 363 g/mol. The van der Waals surface area contributed by atoms with Crippen LogP contribution in [0, 0.1) is 6.92 Å². The Labute approximate surface area is 162 Å². The second-order valence-corrected chi connectivity index (χ2v) is 9.24. The minimum atomic E-state index is -0.291. The van der Waals surface area contributed by atoms with Gasteiger partial charge in [0, 0.05) is 6.54 Å². The van der Waals surface area contributed by atoms with E-state index in [0.29, 0.717) is 0 Å². The summed E-state index contributed by atoms with van der Waals surface area (Å²) < 4.78 is 0. The molecule has 3 heteroatoms. The van der Waals surface area contributed by atoms with Gasteiger partial charge >= 0.3 is 0 Å². The first-order valence-electron chi connectivity index (χ1n) is 10.0. The zero-order valence-electron chi connectivity index (χ0n) is 16.9. The predicted molar refractivity (Wildman–Crippen MR) is 110 cm³/mol. The van der Waals surface area contributed by atoms with Gasteiger partial charge in [-0.25, -0.2) is 0 Å². The summed E-state index contributed by atoms with van der Waals surface area (Å²) in [5.74, 6) is 0.277. The third-order valence-electron chi connectivity index (χ3n) is 6.00. The molecule has 4 rings (SSSR count). The molecule has 27 heavy (non-hydrogen) atoms. The lowest BCUT2D eigenvalue weighted by Gasteiger charge is -2.26. The van der Waals surface area contributed by atoms with E-state index in [0.717, 1.165) is 25.8 Å². The van der Waals surface area contributed by atoms with Crippen LogP contribution < -0.4 is 5.32 Å². The van der Waals surface area contributed by atoms with E-state index >= 15 is 0 Å². The number of benzene rings is 2. The lowest BCUT2D eigenvalue weighted by Crippen LogP contribution is -2.33. The topological polar surface area (TPSA) is 32.3 Å². The van der Waals surface area contributed by atoms with Crippen molar-refractivity contribution in [1.29, 1.82) is 0 Å². The Kier molecular flexibility index (Phi) is 4.38. The highest BCUT2D eigenvalue weighted by Gasteiger charge is 2.59.